The third-order valence-electron chi connectivity index (χ3n) is 6.90. The normalized spacial score (nSPS) is 18.4. The number of fused-ring (bicyclic) bond motifs is 5. The molecule has 0 spiro atoms. The lowest BCUT2D eigenvalue weighted by molar-refractivity contribution is 0.218. The molecule has 2 unspecified atom stereocenters. The second kappa shape index (κ2) is 7.86. The number of thiophene rings is 1. The summed E-state index contributed by atoms with van der Waals surface area (Å²) >= 11 is 1.78. The van der Waals surface area contributed by atoms with Gasteiger partial charge in [0, 0.05) is 11.4 Å². The fourth-order valence-corrected chi connectivity index (χ4v) is 6.21. The molecule has 0 saturated carbocycles. The van der Waals surface area contributed by atoms with Crippen molar-refractivity contribution >= 4 is 27.3 Å². The Hall–Kier alpha value is -1.69. The monoisotopic (exact) mass is 414 g/mol. The highest BCUT2D eigenvalue weighted by Gasteiger charge is 2.32. The molecule has 0 fully saturated rings. The van der Waals surface area contributed by atoms with Gasteiger partial charge in [-0.05, 0) is 48.5 Å². The van der Waals surface area contributed by atoms with Gasteiger partial charge in [-0.1, -0.05) is 53.9 Å². The zero-order valence-electron chi connectivity index (χ0n) is 18.5. The minimum Gasteiger partial charge on any atom is -0.276 e. The van der Waals surface area contributed by atoms with Crippen LogP contribution >= 0.6 is 11.3 Å². The highest BCUT2D eigenvalue weighted by molar-refractivity contribution is 7.18. The Kier molecular flexibility index (Phi) is 5.58. The fourth-order valence-electron chi connectivity index (χ4n) is 4.82. The van der Waals surface area contributed by atoms with Crippen molar-refractivity contribution in [3.05, 3.63) is 27.1 Å². The quantitative estimate of drug-likeness (QED) is 0.537. The van der Waals surface area contributed by atoms with Crippen LogP contribution in [-0.4, -0.2) is 19.2 Å². The molecule has 3 heterocycles. The Morgan fingerprint density at radius 2 is 2.10 bits per heavy atom. The molecular formula is C23H34N4OS. The summed E-state index contributed by atoms with van der Waals surface area (Å²) in [5.74, 6) is 1.87. The van der Waals surface area contributed by atoms with E-state index in [9.17, 15) is 4.79 Å². The molecular weight excluding hydrogens is 380 g/mol. The summed E-state index contributed by atoms with van der Waals surface area (Å²) < 4.78 is 3.96. The molecule has 3 aromatic heterocycles. The standard InChI is InChI=1S/C23H34N4OS/c1-6-8-9-15(7-2)13-26-20(28)19-17-11-10-16(23(3,4)5)12-18(17)29-21(19)27-14-24-25-22(26)27/h14-16H,6-13H2,1-5H3. The summed E-state index contributed by atoms with van der Waals surface area (Å²) in [6, 6.07) is 0. The van der Waals surface area contributed by atoms with E-state index in [1.165, 1.54) is 23.3 Å². The van der Waals surface area contributed by atoms with Gasteiger partial charge in [0.05, 0.1) is 5.39 Å². The maximum Gasteiger partial charge on any atom is 0.263 e. The Labute approximate surface area is 177 Å². The average molecular weight is 415 g/mol. The van der Waals surface area contributed by atoms with Crippen LogP contribution in [0.15, 0.2) is 11.1 Å². The number of hydrogen-bond donors (Lipinski definition) is 0. The first kappa shape index (κ1) is 20.6. The van der Waals surface area contributed by atoms with E-state index in [0.717, 1.165) is 48.9 Å². The third kappa shape index (κ3) is 3.65. The molecule has 6 heteroatoms. The fraction of sp³-hybridized carbons (Fsp3) is 0.696. The summed E-state index contributed by atoms with van der Waals surface area (Å²) in [7, 11) is 0. The van der Waals surface area contributed by atoms with Crippen molar-refractivity contribution in [3.8, 4) is 0 Å². The van der Waals surface area contributed by atoms with Crippen LogP contribution in [0.3, 0.4) is 0 Å². The van der Waals surface area contributed by atoms with Crippen LogP contribution < -0.4 is 5.56 Å². The van der Waals surface area contributed by atoms with E-state index in [4.69, 9.17) is 0 Å². The molecule has 2 atom stereocenters. The average Bonchev–Trinajstić information content (AvgIpc) is 3.30. The maximum atomic E-state index is 13.7. The summed E-state index contributed by atoms with van der Waals surface area (Å²) in [5, 5.41) is 9.43. The van der Waals surface area contributed by atoms with Crippen molar-refractivity contribution < 1.29 is 0 Å². The summed E-state index contributed by atoms with van der Waals surface area (Å²) in [5.41, 5.74) is 1.73. The van der Waals surface area contributed by atoms with Crippen LogP contribution in [0.25, 0.3) is 16.0 Å². The van der Waals surface area contributed by atoms with E-state index in [1.807, 2.05) is 4.57 Å². The highest BCUT2D eigenvalue weighted by Crippen LogP contribution is 2.42. The smallest absolute Gasteiger partial charge is 0.263 e. The number of unbranched alkanes of at least 4 members (excludes halogenated alkanes) is 1. The molecule has 0 N–H and O–H groups in total. The summed E-state index contributed by atoms with van der Waals surface area (Å²) in [4.78, 5) is 16.1. The van der Waals surface area contributed by atoms with Gasteiger partial charge in [-0.15, -0.1) is 21.5 Å². The predicted octanol–water partition coefficient (Wildman–Crippen LogP) is 5.47. The van der Waals surface area contributed by atoms with Crippen LogP contribution in [0.5, 0.6) is 0 Å². The second-order valence-electron chi connectivity index (χ2n) is 9.82. The Morgan fingerprint density at radius 1 is 1.31 bits per heavy atom. The molecule has 29 heavy (non-hydrogen) atoms. The molecule has 1 aliphatic rings. The van der Waals surface area contributed by atoms with Crippen LogP contribution in [0, 0.1) is 17.3 Å². The van der Waals surface area contributed by atoms with Crippen molar-refractivity contribution in [2.45, 2.75) is 86.1 Å². The molecule has 0 radical (unpaired) electrons. The van der Waals surface area contributed by atoms with Gasteiger partial charge in [0.1, 0.15) is 11.2 Å². The van der Waals surface area contributed by atoms with E-state index >= 15 is 0 Å². The van der Waals surface area contributed by atoms with Crippen LogP contribution in [0.2, 0.25) is 0 Å². The van der Waals surface area contributed by atoms with Crippen molar-refractivity contribution in [3.63, 3.8) is 0 Å². The van der Waals surface area contributed by atoms with E-state index in [0.29, 0.717) is 23.0 Å². The first-order chi connectivity index (χ1) is 13.8. The molecule has 4 rings (SSSR count). The van der Waals surface area contributed by atoms with Gasteiger partial charge < -0.3 is 0 Å². The number of hydrogen-bond acceptors (Lipinski definition) is 4. The lowest BCUT2D eigenvalue weighted by Gasteiger charge is -2.33. The molecule has 5 nitrogen and oxygen atoms in total. The molecule has 0 aliphatic heterocycles. The number of nitrogens with zero attached hydrogens (tertiary/aromatic N) is 4. The maximum absolute atomic E-state index is 13.7. The molecule has 3 aromatic rings. The number of aryl methyl sites for hydroxylation is 1. The predicted molar refractivity (Wildman–Crippen MR) is 121 cm³/mol. The summed E-state index contributed by atoms with van der Waals surface area (Å²) in [6.07, 6.45) is 9.67. The Bertz CT molecular complexity index is 1070. The molecule has 1 aliphatic carbocycles. The lowest BCUT2D eigenvalue weighted by atomic mass is 9.72. The second-order valence-corrected chi connectivity index (χ2v) is 10.9. The van der Waals surface area contributed by atoms with Crippen molar-refractivity contribution in [1.29, 1.82) is 0 Å². The minimum atomic E-state index is 0.141. The van der Waals surface area contributed by atoms with E-state index < -0.39 is 0 Å². The molecule has 158 valence electrons. The number of aromatic nitrogens is 4. The molecule has 0 aromatic carbocycles. The Balaban J connectivity index is 1.83. The molecule has 0 bridgehead atoms. The third-order valence-corrected chi connectivity index (χ3v) is 8.16. The van der Waals surface area contributed by atoms with E-state index in [-0.39, 0.29) is 5.56 Å². The van der Waals surface area contributed by atoms with Crippen molar-refractivity contribution in [2.75, 3.05) is 0 Å². The topological polar surface area (TPSA) is 52.2 Å². The van der Waals surface area contributed by atoms with Gasteiger partial charge in [0.15, 0.2) is 0 Å². The first-order valence-corrected chi connectivity index (χ1v) is 12.0. The lowest BCUT2D eigenvalue weighted by Crippen LogP contribution is -2.28. The van der Waals surface area contributed by atoms with Crippen LogP contribution in [0.4, 0.5) is 0 Å². The van der Waals surface area contributed by atoms with Crippen molar-refractivity contribution in [2.24, 2.45) is 17.3 Å². The SMILES string of the molecule is CCCCC(CC)Cn1c(=O)c2c3c(sc2n2cnnc12)CC(C(C)(C)C)CC3. The number of rotatable bonds is 6. The van der Waals surface area contributed by atoms with Crippen LogP contribution in [-0.2, 0) is 19.4 Å². The van der Waals surface area contributed by atoms with Gasteiger partial charge in [0.25, 0.3) is 5.56 Å². The van der Waals surface area contributed by atoms with Gasteiger partial charge in [-0.25, -0.2) is 0 Å². The largest absolute Gasteiger partial charge is 0.276 e. The van der Waals surface area contributed by atoms with E-state index in [1.54, 1.807) is 17.7 Å². The van der Waals surface area contributed by atoms with E-state index in [2.05, 4.69) is 49.2 Å². The molecule has 0 saturated heterocycles. The zero-order valence-corrected chi connectivity index (χ0v) is 19.3. The van der Waals surface area contributed by atoms with Gasteiger partial charge >= 0.3 is 0 Å². The van der Waals surface area contributed by atoms with Crippen molar-refractivity contribution in [1.82, 2.24) is 19.2 Å². The molecule has 0 amide bonds. The summed E-state index contributed by atoms with van der Waals surface area (Å²) in [6.45, 7) is 12.2. The van der Waals surface area contributed by atoms with Crippen LogP contribution in [0.1, 0.15) is 77.2 Å². The minimum absolute atomic E-state index is 0.141. The zero-order chi connectivity index (χ0) is 20.8. The highest BCUT2D eigenvalue weighted by atomic mass is 32.1. The van der Waals surface area contributed by atoms with Gasteiger partial charge in [-0.3, -0.25) is 13.8 Å². The van der Waals surface area contributed by atoms with Gasteiger partial charge in [-0.2, -0.15) is 0 Å². The Morgan fingerprint density at radius 3 is 2.79 bits per heavy atom. The van der Waals surface area contributed by atoms with Gasteiger partial charge in [0.2, 0.25) is 5.78 Å². The first-order valence-electron chi connectivity index (χ1n) is 11.2.